The highest BCUT2D eigenvalue weighted by Gasteiger charge is 2.60. The minimum Gasteiger partial charge on any atom is -0.387 e. The zero-order valence-electron chi connectivity index (χ0n) is 20.8. The molecule has 2 heterocycles. The predicted molar refractivity (Wildman–Crippen MR) is 123 cm³/mol. The predicted octanol–water partition coefficient (Wildman–Crippen LogP) is -5.46. The maximum atomic E-state index is 11.8. The van der Waals surface area contributed by atoms with Crippen LogP contribution in [0.15, 0.2) is 0 Å². The van der Waals surface area contributed by atoms with E-state index in [1.54, 1.807) is 0 Å². The monoisotopic (exact) mass is 654 g/mol. The molecule has 19 nitrogen and oxygen atoms in total. The Bertz CT molecular complexity index is 1280. The van der Waals surface area contributed by atoms with E-state index in [1.807, 2.05) is 0 Å². The second kappa shape index (κ2) is 12.3. The largest absolute Gasteiger partial charge is 0.387 e. The number of rotatable bonds is 13. The first-order valence-electron chi connectivity index (χ1n) is 10.6. The molecule has 9 atom stereocenters. The van der Waals surface area contributed by atoms with Crippen molar-refractivity contribution in [3.63, 3.8) is 0 Å². The Labute approximate surface area is 225 Å². The molecule has 2 aliphatic heterocycles. The molecule has 0 radical (unpaired) electrons. The molecule has 0 saturated carbocycles. The van der Waals surface area contributed by atoms with Crippen LogP contribution in [0.2, 0.25) is 0 Å². The minimum atomic E-state index is -4.44. The van der Waals surface area contributed by atoms with Gasteiger partial charge in [-0.2, -0.15) is 33.7 Å². The molecule has 0 bridgehead atoms. The van der Waals surface area contributed by atoms with Gasteiger partial charge in [0.2, 0.25) is 5.79 Å². The smallest absolute Gasteiger partial charge is 0.264 e. The summed E-state index contributed by atoms with van der Waals surface area (Å²) in [7, 11) is -17.0. The molecule has 232 valence electrons. The van der Waals surface area contributed by atoms with Crippen LogP contribution >= 0.6 is 0 Å². The van der Waals surface area contributed by atoms with Gasteiger partial charge >= 0.3 is 0 Å². The fourth-order valence-corrected chi connectivity index (χ4v) is 5.20. The average molecular weight is 655 g/mol. The van der Waals surface area contributed by atoms with Crippen LogP contribution in [0.4, 0.5) is 0 Å². The molecule has 4 N–H and O–H groups in total. The summed E-state index contributed by atoms with van der Waals surface area (Å²) >= 11 is 0. The highest BCUT2D eigenvalue weighted by molar-refractivity contribution is 7.86. The molecule has 23 heteroatoms. The van der Waals surface area contributed by atoms with E-state index in [-0.39, 0.29) is 0 Å². The van der Waals surface area contributed by atoms with Gasteiger partial charge in [-0.1, -0.05) is 0 Å². The Balaban J connectivity index is 2.49. The van der Waals surface area contributed by atoms with Gasteiger partial charge in [0, 0.05) is 0 Å². The summed E-state index contributed by atoms with van der Waals surface area (Å²) in [5, 5.41) is 42.1. The van der Waals surface area contributed by atoms with Gasteiger partial charge in [-0.15, -0.1) is 0 Å². The lowest BCUT2D eigenvalue weighted by Gasteiger charge is -2.44. The molecule has 0 spiro atoms. The number of aliphatic hydroxyl groups excluding tert-OH is 4. The summed E-state index contributed by atoms with van der Waals surface area (Å²) in [6.45, 7) is -3.11. The van der Waals surface area contributed by atoms with Gasteiger partial charge in [0.05, 0.1) is 38.2 Å². The van der Waals surface area contributed by atoms with Crippen molar-refractivity contribution >= 4 is 40.5 Å². The third kappa shape index (κ3) is 10.3. The van der Waals surface area contributed by atoms with Gasteiger partial charge in [-0.3, -0.25) is 16.7 Å². The van der Waals surface area contributed by atoms with E-state index in [0.717, 1.165) is 0 Å². The van der Waals surface area contributed by atoms with Gasteiger partial charge in [0.15, 0.2) is 12.4 Å². The van der Waals surface area contributed by atoms with Crippen molar-refractivity contribution in [1.29, 1.82) is 0 Å². The van der Waals surface area contributed by atoms with Crippen molar-refractivity contribution in [2.24, 2.45) is 0 Å². The minimum absolute atomic E-state index is 0.549. The van der Waals surface area contributed by atoms with E-state index >= 15 is 0 Å². The van der Waals surface area contributed by atoms with Crippen LogP contribution in [0.1, 0.15) is 0 Å². The Morgan fingerprint density at radius 3 is 1.62 bits per heavy atom. The van der Waals surface area contributed by atoms with E-state index in [9.17, 15) is 54.1 Å². The quantitative estimate of drug-likeness (QED) is 0.135. The number of aliphatic hydroxyl groups is 4. The summed E-state index contributed by atoms with van der Waals surface area (Å²) in [6.07, 6.45) is -13.9. The second-order valence-electron chi connectivity index (χ2n) is 8.75. The van der Waals surface area contributed by atoms with Crippen molar-refractivity contribution in [2.45, 2.75) is 54.8 Å². The summed E-state index contributed by atoms with van der Waals surface area (Å²) in [5.41, 5.74) is 0. The van der Waals surface area contributed by atoms with Gasteiger partial charge in [-0.05, 0) is 0 Å². The lowest BCUT2D eigenvalue weighted by Crippen LogP contribution is -2.64. The fraction of sp³-hybridized carbons (Fsp3) is 1.00. The topological polar surface area (TPSA) is 282 Å². The third-order valence-electron chi connectivity index (χ3n) is 5.12. The maximum absolute atomic E-state index is 11.8. The summed E-state index contributed by atoms with van der Waals surface area (Å²) in [6, 6.07) is 0. The molecule has 0 unspecified atom stereocenters. The summed E-state index contributed by atoms with van der Waals surface area (Å²) < 4.78 is 127. The standard InChI is InChI=1S/C16H30O19S4/c1-36(21,22)29-5-8-10(17)12(19)13(35-39(4,27)28)15(32-8)34-16(7-31-38(3,25)26)14(20)11(18)9(33-16)6-30-37(2,23)24/h8-15,17-20H,5-7H2,1-4H3/t8-,9-,10-,11+,12+,13-,14-,15+,16-/m0/s1. The number of ether oxygens (including phenoxy) is 3. The van der Waals surface area contributed by atoms with Crippen LogP contribution in [0, 0.1) is 0 Å². The molecule has 0 aliphatic carbocycles. The summed E-state index contributed by atoms with van der Waals surface area (Å²) in [4.78, 5) is 0. The first-order chi connectivity index (χ1) is 17.4. The van der Waals surface area contributed by atoms with Crippen molar-refractivity contribution in [3.8, 4) is 0 Å². The van der Waals surface area contributed by atoms with Crippen LogP contribution in [0.3, 0.4) is 0 Å². The molecule has 0 aromatic carbocycles. The van der Waals surface area contributed by atoms with E-state index in [2.05, 4.69) is 12.5 Å². The third-order valence-corrected chi connectivity index (χ3v) is 7.37. The normalized spacial score (nSPS) is 36.7. The van der Waals surface area contributed by atoms with Crippen molar-refractivity contribution in [3.05, 3.63) is 0 Å². The van der Waals surface area contributed by atoms with E-state index in [1.165, 1.54) is 0 Å². The molecule has 0 aromatic rings. The molecule has 39 heavy (non-hydrogen) atoms. The van der Waals surface area contributed by atoms with Gasteiger partial charge in [0.1, 0.15) is 43.2 Å². The van der Waals surface area contributed by atoms with Crippen molar-refractivity contribution < 1.29 is 85.0 Å². The van der Waals surface area contributed by atoms with Crippen LogP contribution in [0.25, 0.3) is 0 Å². The Kier molecular flexibility index (Phi) is 10.9. The number of hydrogen-bond acceptors (Lipinski definition) is 19. The second-order valence-corrected chi connectivity index (χ2v) is 15.3. The highest BCUT2D eigenvalue weighted by atomic mass is 32.2. The summed E-state index contributed by atoms with van der Waals surface area (Å²) in [5.74, 6) is -2.79. The average Bonchev–Trinajstić information content (AvgIpc) is 2.98. The van der Waals surface area contributed by atoms with Crippen LogP contribution in [-0.4, -0.2) is 154 Å². The fourth-order valence-electron chi connectivity index (χ4n) is 3.45. The lowest BCUT2D eigenvalue weighted by atomic mass is 9.99. The Morgan fingerprint density at radius 2 is 1.15 bits per heavy atom. The molecule has 0 aromatic heterocycles. The molecule has 2 rings (SSSR count). The zero-order valence-corrected chi connectivity index (χ0v) is 24.1. The Morgan fingerprint density at radius 1 is 0.667 bits per heavy atom. The lowest BCUT2D eigenvalue weighted by molar-refractivity contribution is -0.378. The highest BCUT2D eigenvalue weighted by Crippen LogP contribution is 2.38. The molecule has 2 saturated heterocycles. The first-order valence-corrected chi connectivity index (χ1v) is 17.8. The van der Waals surface area contributed by atoms with Gasteiger partial charge in [0.25, 0.3) is 40.5 Å². The molecule has 0 amide bonds. The molecular weight excluding hydrogens is 624 g/mol. The van der Waals surface area contributed by atoms with Gasteiger partial charge in [-0.25, -0.2) is 0 Å². The Hall–Kier alpha value is -0.640. The first kappa shape index (κ1) is 34.6. The van der Waals surface area contributed by atoms with E-state index < -0.39 is 115 Å². The molecule has 2 fully saturated rings. The van der Waals surface area contributed by atoms with Crippen LogP contribution in [0.5, 0.6) is 0 Å². The molecule has 2 aliphatic rings. The van der Waals surface area contributed by atoms with Gasteiger partial charge < -0.3 is 34.6 Å². The van der Waals surface area contributed by atoms with E-state index in [0.29, 0.717) is 25.0 Å². The number of hydrogen-bond donors (Lipinski definition) is 4. The SMILES string of the molecule is CS(=O)(=O)OC[C@@H]1O[C@H](O[C@]2(COS(C)(=O)=O)O[C@@H](COS(C)(=O)=O)[C@@H](O)[C@@H]2O)[C@@H](OS(C)(=O)=O)[C@H](O)[C@H]1O. The van der Waals surface area contributed by atoms with Crippen LogP contribution < -0.4 is 0 Å². The van der Waals surface area contributed by atoms with Crippen molar-refractivity contribution in [2.75, 3.05) is 44.8 Å². The molecular formula is C16H30O19S4. The van der Waals surface area contributed by atoms with Crippen LogP contribution in [-0.2, 0) is 71.4 Å². The van der Waals surface area contributed by atoms with Crippen molar-refractivity contribution in [1.82, 2.24) is 0 Å². The maximum Gasteiger partial charge on any atom is 0.264 e. The zero-order chi connectivity index (χ0) is 30.2. The van der Waals surface area contributed by atoms with E-state index in [4.69, 9.17) is 18.4 Å².